The minimum Gasteiger partial charge on any atom is -0.493 e. The first kappa shape index (κ1) is 12.6. The van der Waals surface area contributed by atoms with Gasteiger partial charge in [-0.05, 0) is 30.7 Å². The van der Waals surface area contributed by atoms with Gasteiger partial charge >= 0.3 is 0 Å². The molecule has 0 spiro atoms. The average molecular weight is 261 g/mol. The van der Waals surface area contributed by atoms with Gasteiger partial charge in [-0.3, -0.25) is 9.69 Å². The van der Waals surface area contributed by atoms with Gasteiger partial charge in [0.1, 0.15) is 5.75 Å². The van der Waals surface area contributed by atoms with Crippen LogP contribution in [-0.2, 0) is 11.2 Å². The SMILES string of the molecule is CC1CN(CC(=O)c2ccc3c(c2)CCO3)CCO1. The van der Waals surface area contributed by atoms with Crippen molar-refractivity contribution in [2.75, 3.05) is 32.8 Å². The number of hydrogen-bond donors (Lipinski definition) is 0. The first-order valence-electron chi connectivity index (χ1n) is 6.85. The van der Waals surface area contributed by atoms with Crippen LogP contribution in [0.15, 0.2) is 18.2 Å². The van der Waals surface area contributed by atoms with Crippen molar-refractivity contribution in [1.82, 2.24) is 4.90 Å². The Morgan fingerprint density at radius 1 is 1.42 bits per heavy atom. The van der Waals surface area contributed by atoms with Gasteiger partial charge in [0.05, 0.1) is 25.9 Å². The van der Waals surface area contributed by atoms with E-state index in [2.05, 4.69) is 4.90 Å². The summed E-state index contributed by atoms with van der Waals surface area (Å²) in [5, 5.41) is 0. The number of nitrogens with zero attached hydrogens (tertiary/aromatic N) is 1. The molecule has 102 valence electrons. The Hall–Kier alpha value is -1.39. The van der Waals surface area contributed by atoms with Gasteiger partial charge in [0.15, 0.2) is 5.78 Å². The second-order valence-corrected chi connectivity index (χ2v) is 5.26. The van der Waals surface area contributed by atoms with Gasteiger partial charge < -0.3 is 9.47 Å². The number of fused-ring (bicyclic) bond motifs is 1. The van der Waals surface area contributed by atoms with E-state index < -0.39 is 0 Å². The van der Waals surface area contributed by atoms with Crippen LogP contribution in [0.25, 0.3) is 0 Å². The van der Waals surface area contributed by atoms with Crippen molar-refractivity contribution >= 4 is 5.78 Å². The minimum absolute atomic E-state index is 0.184. The van der Waals surface area contributed by atoms with E-state index >= 15 is 0 Å². The third-order valence-electron chi connectivity index (χ3n) is 3.70. The van der Waals surface area contributed by atoms with Crippen LogP contribution in [0.4, 0.5) is 0 Å². The lowest BCUT2D eigenvalue weighted by atomic mass is 10.0. The summed E-state index contributed by atoms with van der Waals surface area (Å²) in [4.78, 5) is 14.5. The molecule has 2 aliphatic heterocycles. The van der Waals surface area contributed by atoms with Gasteiger partial charge in [-0.25, -0.2) is 0 Å². The number of ether oxygens (including phenoxy) is 2. The number of benzene rings is 1. The van der Waals surface area contributed by atoms with E-state index in [1.165, 1.54) is 0 Å². The lowest BCUT2D eigenvalue weighted by Crippen LogP contribution is -2.43. The highest BCUT2D eigenvalue weighted by Crippen LogP contribution is 2.26. The van der Waals surface area contributed by atoms with Crippen molar-refractivity contribution in [3.05, 3.63) is 29.3 Å². The molecule has 3 rings (SSSR count). The van der Waals surface area contributed by atoms with Crippen molar-refractivity contribution < 1.29 is 14.3 Å². The largest absolute Gasteiger partial charge is 0.493 e. The molecule has 0 bridgehead atoms. The zero-order chi connectivity index (χ0) is 13.2. The fourth-order valence-electron chi connectivity index (χ4n) is 2.69. The fourth-order valence-corrected chi connectivity index (χ4v) is 2.69. The van der Waals surface area contributed by atoms with Crippen LogP contribution in [0.2, 0.25) is 0 Å². The molecule has 0 saturated carbocycles. The Morgan fingerprint density at radius 3 is 3.16 bits per heavy atom. The van der Waals surface area contributed by atoms with Crippen LogP contribution >= 0.6 is 0 Å². The molecule has 1 unspecified atom stereocenters. The van der Waals surface area contributed by atoms with Gasteiger partial charge in [0, 0.05) is 25.1 Å². The van der Waals surface area contributed by atoms with Gasteiger partial charge in [0.2, 0.25) is 0 Å². The summed E-state index contributed by atoms with van der Waals surface area (Å²) >= 11 is 0. The van der Waals surface area contributed by atoms with Crippen LogP contribution < -0.4 is 4.74 Å². The fraction of sp³-hybridized carbons (Fsp3) is 0.533. The maximum Gasteiger partial charge on any atom is 0.176 e. The molecule has 0 radical (unpaired) electrons. The standard InChI is InChI=1S/C15H19NO3/c1-11-9-16(5-7-18-11)10-14(17)12-2-3-15-13(8-12)4-6-19-15/h2-3,8,11H,4-7,9-10H2,1H3. The number of rotatable bonds is 3. The molecule has 1 fully saturated rings. The molecule has 4 nitrogen and oxygen atoms in total. The van der Waals surface area contributed by atoms with Gasteiger partial charge in [-0.1, -0.05) is 0 Å². The van der Waals surface area contributed by atoms with E-state index in [-0.39, 0.29) is 11.9 Å². The molecule has 1 saturated heterocycles. The van der Waals surface area contributed by atoms with Crippen molar-refractivity contribution in [3.8, 4) is 5.75 Å². The second kappa shape index (κ2) is 5.31. The summed E-state index contributed by atoms with van der Waals surface area (Å²) in [5.41, 5.74) is 1.95. The van der Waals surface area contributed by atoms with Crippen LogP contribution in [0.5, 0.6) is 5.75 Å². The number of carbonyl (C=O) groups excluding carboxylic acids is 1. The van der Waals surface area contributed by atoms with Crippen molar-refractivity contribution in [3.63, 3.8) is 0 Å². The maximum atomic E-state index is 12.3. The highest BCUT2D eigenvalue weighted by Gasteiger charge is 2.21. The summed E-state index contributed by atoms with van der Waals surface area (Å²) in [6.45, 7) is 5.64. The minimum atomic E-state index is 0.184. The molecule has 1 aromatic carbocycles. The van der Waals surface area contributed by atoms with Gasteiger partial charge in [-0.15, -0.1) is 0 Å². The van der Waals surface area contributed by atoms with Crippen LogP contribution in [-0.4, -0.2) is 49.6 Å². The van der Waals surface area contributed by atoms with Gasteiger partial charge in [-0.2, -0.15) is 0 Å². The number of hydrogen-bond acceptors (Lipinski definition) is 4. The van der Waals surface area contributed by atoms with E-state index in [4.69, 9.17) is 9.47 Å². The molecule has 0 aromatic heterocycles. The monoisotopic (exact) mass is 261 g/mol. The Balaban J connectivity index is 1.67. The molecule has 4 heteroatoms. The van der Waals surface area contributed by atoms with E-state index in [0.717, 1.165) is 43.0 Å². The first-order valence-corrected chi connectivity index (χ1v) is 6.85. The van der Waals surface area contributed by atoms with Crippen molar-refractivity contribution in [1.29, 1.82) is 0 Å². The maximum absolute atomic E-state index is 12.3. The first-order chi connectivity index (χ1) is 9.22. The van der Waals surface area contributed by atoms with Crippen molar-refractivity contribution in [2.24, 2.45) is 0 Å². The molecule has 0 amide bonds. The Bertz CT molecular complexity index is 486. The number of morpholine rings is 1. The summed E-state index contributed by atoms with van der Waals surface area (Å²) < 4.78 is 10.9. The Kier molecular flexibility index (Phi) is 3.53. The number of ketones is 1. The smallest absolute Gasteiger partial charge is 0.176 e. The normalized spacial score (nSPS) is 22.9. The Labute approximate surface area is 113 Å². The number of Topliss-reactive ketones (excluding diaryl/α,β-unsaturated/α-hetero) is 1. The topological polar surface area (TPSA) is 38.8 Å². The quantitative estimate of drug-likeness (QED) is 0.773. The van der Waals surface area contributed by atoms with E-state index in [1.807, 2.05) is 25.1 Å². The molecule has 2 heterocycles. The van der Waals surface area contributed by atoms with E-state index in [0.29, 0.717) is 13.2 Å². The predicted molar refractivity (Wildman–Crippen MR) is 71.8 cm³/mol. The lowest BCUT2D eigenvalue weighted by molar-refractivity contribution is -0.0158. The third kappa shape index (κ3) is 2.80. The predicted octanol–water partition coefficient (Wildman–Crippen LogP) is 1.52. The van der Waals surface area contributed by atoms with Crippen LogP contribution in [0.3, 0.4) is 0 Å². The molecular weight excluding hydrogens is 242 g/mol. The lowest BCUT2D eigenvalue weighted by Gasteiger charge is -2.30. The summed E-state index contributed by atoms with van der Waals surface area (Å²) in [6, 6.07) is 5.77. The molecular formula is C15H19NO3. The zero-order valence-corrected chi connectivity index (χ0v) is 11.2. The Morgan fingerprint density at radius 2 is 2.32 bits per heavy atom. The molecule has 0 N–H and O–H groups in total. The molecule has 19 heavy (non-hydrogen) atoms. The summed E-state index contributed by atoms with van der Waals surface area (Å²) in [7, 11) is 0. The van der Waals surface area contributed by atoms with E-state index in [9.17, 15) is 4.79 Å². The second-order valence-electron chi connectivity index (χ2n) is 5.26. The number of carbonyl (C=O) groups is 1. The summed E-state index contributed by atoms with van der Waals surface area (Å²) in [6.07, 6.45) is 1.13. The van der Waals surface area contributed by atoms with Crippen LogP contribution in [0, 0.1) is 0 Å². The van der Waals surface area contributed by atoms with Crippen LogP contribution in [0.1, 0.15) is 22.8 Å². The molecule has 2 aliphatic rings. The highest BCUT2D eigenvalue weighted by molar-refractivity contribution is 5.98. The molecule has 1 atom stereocenters. The highest BCUT2D eigenvalue weighted by atomic mass is 16.5. The summed E-state index contributed by atoms with van der Waals surface area (Å²) in [5.74, 6) is 1.11. The van der Waals surface area contributed by atoms with Crippen molar-refractivity contribution in [2.45, 2.75) is 19.4 Å². The van der Waals surface area contributed by atoms with E-state index in [1.54, 1.807) is 0 Å². The zero-order valence-electron chi connectivity index (χ0n) is 11.2. The third-order valence-corrected chi connectivity index (χ3v) is 3.70. The molecule has 0 aliphatic carbocycles. The average Bonchev–Trinajstić information content (AvgIpc) is 2.85. The molecule has 1 aromatic rings. The van der Waals surface area contributed by atoms with Gasteiger partial charge in [0.25, 0.3) is 0 Å².